The van der Waals surface area contributed by atoms with E-state index in [-0.39, 0.29) is 23.7 Å². The van der Waals surface area contributed by atoms with Crippen LogP contribution in [0.25, 0.3) is 0 Å². The van der Waals surface area contributed by atoms with Crippen molar-refractivity contribution in [1.82, 2.24) is 0 Å². The lowest BCUT2D eigenvalue weighted by Gasteiger charge is -2.16. The number of carboxylic acid groups (broad SMARTS) is 1. The van der Waals surface area contributed by atoms with Gasteiger partial charge in [0.2, 0.25) is 0 Å². The second-order valence-corrected chi connectivity index (χ2v) is 5.67. The van der Waals surface area contributed by atoms with Crippen LogP contribution < -0.4 is 9.47 Å². The van der Waals surface area contributed by atoms with Crippen LogP contribution in [0.15, 0.2) is 30.3 Å². The lowest BCUT2D eigenvalue weighted by Crippen LogP contribution is -2.22. The summed E-state index contributed by atoms with van der Waals surface area (Å²) >= 11 is 0. The van der Waals surface area contributed by atoms with Crippen LogP contribution in [0.3, 0.4) is 0 Å². The highest BCUT2D eigenvalue weighted by Crippen LogP contribution is 2.33. The number of aromatic hydroxyl groups is 1. The molecule has 0 aromatic heterocycles. The molecule has 2 rings (SSSR count). The molecule has 0 saturated heterocycles. The van der Waals surface area contributed by atoms with Crippen LogP contribution in [-0.4, -0.2) is 45.7 Å². The predicted molar refractivity (Wildman–Crippen MR) is 89.6 cm³/mol. The number of aliphatic hydroxyl groups is 2. The highest BCUT2D eigenvalue weighted by atomic mass is 16.5. The van der Waals surface area contributed by atoms with Gasteiger partial charge in [0, 0.05) is 12.1 Å². The van der Waals surface area contributed by atoms with E-state index < -0.39 is 18.7 Å². The maximum absolute atomic E-state index is 11.4. The van der Waals surface area contributed by atoms with Crippen molar-refractivity contribution >= 4 is 5.97 Å². The van der Waals surface area contributed by atoms with E-state index in [4.69, 9.17) is 14.6 Å². The van der Waals surface area contributed by atoms with E-state index in [0.29, 0.717) is 17.1 Å². The van der Waals surface area contributed by atoms with Gasteiger partial charge in [-0.05, 0) is 43.2 Å². The molecule has 25 heavy (non-hydrogen) atoms. The Morgan fingerprint density at radius 3 is 2.40 bits per heavy atom. The number of aliphatic hydroxyl groups excluding tert-OH is 2. The molecule has 0 aliphatic rings. The number of carbonyl (C=O) groups is 1. The monoisotopic (exact) mass is 348 g/mol. The van der Waals surface area contributed by atoms with Gasteiger partial charge in [0.05, 0.1) is 6.61 Å². The Hall–Kier alpha value is -2.77. The molecule has 0 spiro atoms. The summed E-state index contributed by atoms with van der Waals surface area (Å²) in [6, 6.07) is 7.66. The van der Waals surface area contributed by atoms with Gasteiger partial charge in [-0.15, -0.1) is 0 Å². The van der Waals surface area contributed by atoms with E-state index in [1.807, 2.05) is 0 Å². The van der Waals surface area contributed by atoms with Gasteiger partial charge in [-0.1, -0.05) is 0 Å². The Morgan fingerprint density at radius 1 is 1.12 bits per heavy atom. The number of aromatic carboxylic acids is 1. The van der Waals surface area contributed by atoms with Crippen LogP contribution in [0.4, 0.5) is 0 Å². The van der Waals surface area contributed by atoms with Crippen molar-refractivity contribution in [2.24, 2.45) is 0 Å². The van der Waals surface area contributed by atoms with Crippen LogP contribution in [-0.2, 0) is 0 Å². The topological polar surface area (TPSA) is 116 Å². The van der Waals surface area contributed by atoms with E-state index >= 15 is 0 Å². The third kappa shape index (κ3) is 4.85. The van der Waals surface area contributed by atoms with E-state index in [1.54, 1.807) is 26.0 Å². The van der Waals surface area contributed by atoms with Gasteiger partial charge in [-0.3, -0.25) is 0 Å². The summed E-state index contributed by atoms with van der Waals surface area (Å²) in [5, 5.41) is 37.2. The molecule has 0 heterocycles. The van der Waals surface area contributed by atoms with Crippen LogP contribution >= 0.6 is 0 Å². The molecule has 7 nitrogen and oxygen atoms in total. The summed E-state index contributed by atoms with van der Waals surface area (Å²) < 4.78 is 11.0. The molecule has 4 N–H and O–H groups in total. The van der Waals surface area contributed by atoms with Gasteiger partial charge in [-0.25, -0.2) is 4.79 Å². The van der Waals surface area contributed by atoms with Crippen molar-refractivity contribution in [2.75, 3.05) is 13.2 Å². The Balaban J connectivity index is 2.35. The molecule has 0 bridgehead atoms. The van der Waals surface area contributed by atoms with Gasteiger partial charge >= 0.3 is 5.97 Å². The molecule has 0 radical (unpaired) electrons. The standard InChI is InChI=1S/C18H20O7/c1-10-3-12(20)6-14(4-10)25-15-5-11(2)17(18(22)23)16(7-15)24-9-13(21)8-19/h3-7,13,19-21H,8-9H2,1-2H3,(H,22,23). The first-order valence-corrected chi connectivity index (χ1v) is 7.58. The highest BCUT2D eigenvalue weighted by Gasteiger charge is 2.18. The summed E-state index contributed by atoms with van der Waals surface area (Å²) in [5.41, 5.74) is 1.16. The lowest BCUT2D eigenvalue weighted by atomic mass is 10.1. The van der Waals surface area contributed by atoms with Crippen LogP contribution in [0.5, 0.6) is 23.0 Å². The minimum absolute atomic E-state index is 0.0203. The quantitative estimate of drug-likeness (QED) is 0.606. The van der Waals surface area contributed by atoms with Gasteiger partial charge < -0.3 is 29.9 Å². The smallest absolute Gasteiger partial charge is 0.339 e. The van der Waals surface area contributed by atoms with Crippen molar-refractivity contribution in [1.29, 1.82) is 0 Å². The molecule has 0 aliphatic heterocycles. The SMILES string of the molecule is Cc1cc(O)cc(Oc2cc(C)c(C(=O)O)c(OCC(O)CO)c2)c1. The number of phenols is 1. The maximum atomic E-state index is 11.4. The number of rotatable bonds is 7. The molecular weight excluding hydrogens is 328 g/mol. The Bertz CT molecular complexity index is 750. The number of hydrogen-bond acceptors (Lipinski definition) is 6. The number of carboxylic acids is 1. The third-order valence-corrected chi connectivity index (χ3v) is 3.40. The van der Waals surface area contributed by atoms with Gasteiger partial charge in [0.25, 0.3) is 0 Å². The Morgan fingerprint density at radius 2 is 1.80 bits per heavy atom. The van der Waals surface area contributed by atoms with Crippen molar-refractivity contribution in [3.05, 3.63) is 47.0 Å². The van der Waals surface area contributed by atoms with Gasteiger partial charge in [-0.2, -0.15) is 0 Å². The molecule has 0 aliphatic carbocycles. The summed E-state index contributed by atoms with van der Waals surface area (Å²) in [6.07, 6.45) is -1.12. The second-order valence-electron chi connectivity index (χ2n) is 5.67. The number of phenolic OH excluding ortho intramolecular Hbond substituents is 1. The minimum atomic E-state index is -1.18. The van der Waals surface area contributed by atoms with E-state index in [2.05, 4.69) is 0 Å². The predicted octanol–water partition coefficient (Wildman–Crippen LogP) is 2.23. The molecular formula is C18H20O7. The van der Waals surface area contributed by atoms with E-state index in [9.17, 15) is 20.1 Å². The molecule has 7 heteroatoms. The first-order chi connectivity index (χ1) is 11.8. The summed E-state index contributed by atoms with van der Waals surface area (Å²) in [7, 11) is 0. The zero-order chi connectivity index (χ0) is 18.6. The molecule has 0 fully saturated rings. The van der Waals surface area contributed by atoms with Crippen LogP contribution in [0, 0.1) is 13.8 Å². The summed E-state index contributed by atoms with van der Waals surface area (Å²) in [4.78, 5) is 11.4. The fourth-order valence-corrected chi connectivity index (χ4v) is 2.33. The van der Waals surface area contributed by atoms with Gasteiger partial charge in [0.15, 0.2) is 0 Å². The largest absolute Gasteiger partial charge is 0.508 e. The third-order valence-electron chi connectivity index (χ3n) is 3.40. The molecule has 0 saturated carbocycles. The van der Waals surface area contributed by atoms with Crippen molar-refractivity contribution in [3.63, 3.8) is 0 Å². The van der Waals surface area contributed by atoms with E-state index in [0.717, 1.165) is 5.56 Å². The first kappa shape index (κ1) is 18.6. The number of hydrogen-bond donors (Lipinski definition) is 4. The maximum Gasteiger partial charge on any atom is 0.339 e. The normalized spacial score (nSPS) is 11.8. The molecule has 2 aromatic carbocycles. The molecule has 134 valence electrons. The number of benzene rings is 2. The second kappa shape index (κ2) is 7.87. The fraction of sp³-hybridized carbons (Fsp3) is 0.278. The van der Waals surface area contributed by atoms with E-state index in [1.165, 1.54) is 18.2 Å². The molecule has 1 unspecified atom stereocenters. The molecule has 2 aromatic rings. The summed E-state index contributed by atoms with van der Waals surface area (Å²) in [6.45, 7) is 2.64. The molecule has 0 amide bonds. The Labute approximate surface area is 144 Å². The average Bonchev–Trinajstić information content (AvgIpc) is 2.50. The van der Waals surface area contributed by atoms with Crippen molar-refractivity contribution < 1.29 is 34.7 Å². The zero-order valence-electron chi connectivity index (χ0n) is 13.9. The number of aryl methyl sites for hydroxylation is 2. The average molecular weight is 348 g/mol. The number of ether oxygens (including phenoxy) is 2. The van der Waals surface area contributed by atoms with Crippen LogP contribution in [0.2, 0.25) is 0 Å². The van der Waals surface area contributed by atoms with Crippen molar-refractivity contribution in [2.45, 2.75) is 20.0 Å². The summed E-state index contributed by atoms with van der Waals surface area (Å²) in [5.74, 6) is -0.392. The zero-order valence-corrected chi connectivity index (χ0v) is 13.9. The fourth-order valence-electron chi connectivity index (χ4n) is 2.33. The Kier molecular flexibility index (Phi) is 5.84. The van der Waals surface area contributed by atoms with Crippen LogP contribution in [0.1, 0.15) is 21.5 Å². The minimum Gasteiger partial charge on any atom is -0.508 e. The van der Waals surface area contributed by atoms with Crippen molar-refractivity contribution in [3.8, 4) is 23.0 Å². The van der Waals surface area contributed by atoms with Gasteiger partial charge in [0.1, 0.15) is 41.3 Å². The lowest BCUT2D eigenvalue weighted by molar-refractivity contribution is 0.0518. The first-order valence-electron chi connectivity index (χ1n) is 7.58. The molecule has 1 atom stereocenters. The highest BCUT2D eigenvalue weighted by molar-refractivity contribution is 5.93.